The molecule has 1 aromatic heterocycles. The maximum atomic E-state index is 11.9. The first-order valence-electron chi connectivity index (χ1n) is 13.7. The number of benzene rings is 3. The van der Waals surface area contributed by atoms with Gasteiger partial charge >= 0.3 is 0 Å². The van der Waals surface area contributed by atoms with Gasteiger partial charge in [-0.15, -0.1) is 12.4 Å². The van der Waals surface area contributed by atoms with Crippen LogP contribution < -0.4 is 0 Å². The summed E-state index contributed by atoms with van der Waals surface area (Å²) in [6, 6.07) is 24.4. The van der Waals surface area contributed by atoms with Crippen molar-refractivity contribution >= 4 is 32.1 Å². The minimum atomic E-state index is -3.23. The molecule has 4 aromatic rings. The highest BCUT2D eigenvalue weighted by atomic mass is 35.5. The van der Waals surface area contributed by atoms with E-state index >= 15 is 0 Å². The molecule has 224 valence electrons. The van der Waals surface area contributed by atoms with Crippen molar-refractivity contribution in [2.45, 2.75) is 47.3 Å². The van der Waals surface area contributed by atoms with Crippen molar-refractivity contribution in [3.63, 3.8) is 0 Å². The standard InChI is InChI=1S/C31H35N3O5S2.ClH/c1-40(35,36)27-12-8-23(9-13-27)22-30-32-31(39-33-30)26-16-19-34(20-17-26)21-18-29(24-6-4-3-5-7-24)25-10-14-28(15-11-25)41(2,37)38;/h3-15,26,29H,16-22H2,1-2H3;1H/t29-;/m0./s1. The van der Waals surface area contributed by atoms with Gasteiger partial charge in [-0.2, -0.15) is 4.98 Å². The SMILES string of the molecule is CS(=O)(=O)c1ccc(Cc2noc(C3CCN(CC[C@@H](c4ccccc4)c4ccc(S(C)(=O)=O)cc4)CC3)n2)cc1.Cl. The van der Waals surface area contributed by atoms with Crippen LogP contribution in [0.25, 0.3) is 0 Å². The van der Waals surface area contributed by atoms with Gasteiger partial charge in [0.25, 0.3) is 0 Å². The molecule has 0 saturated carbocycles. The minimum absolute atomic E-state index is 0. The van der Waals surface area contributed by atoms with Crippen molar-refractivity contribution in [2.24, 2.45) is 0 Å². The van der Waals surface area contributed by atoms with Gasteiger partial charge in [0.05, 0.1) is 9.79 Å². The lowest BCUT2D eigenvalue weighted by atomic mass is 9.88. The predicted molar refractivity (Wildman–Crippen MR) is 165 cm³/mol. The molecular weight excluding hydrogens is 594 g/mol. The van der Waals surface area contributed by atoms with Gasteiger partial charge in [0, 0.05) is 30.8 Å². The summed E-state index contributed by atoms with van der Waals surface area (Å²) in [6.45, 7) is 2.80. The molecule has 1 aliphatic rings. The largest absolute Gasteiger partial charge is 0.339 e. The van der Waals surface area contributed by atoms with Crippen molar-refractivity contribution in [3.8, 4) is 0 Å². The fourth-order valence-corrected chi connectivity index (χ4v) is 6.68. The number of sulfone groups is 2. The number of nitrogens with zero attached hydrogens (tertiary/aromatic N) is 3. The highest BCUT2D eigenvalue weighted by molar-refractivity contribution is 7.91. The fraction of sp³-hybridized carbons (Fsp3) is 0.355. The van der Waals surface area contributed by atoms with Crippen molar-refractivity contribution in [1.29, 1.82) is 0 Å². The Bertz CT molecular complexity index is 1670. The van der Waals surface area contributed by atoms with Crippen LogP contribution in [0.3, 0.4) is 0 Å². The molecule has 0 N–H and O–H groups in total. The summed E-state index contributed by atoms with van der Waals surface area (Å²) >= 11 is 0. The molecule has 1 fully saturated rings. The summed E-state index contributed by atoms with van der Waals surface area (Å²) in [5.41, 5.74) is 3.26. The first-order valence-corrected chi connectivity index (χ1v) is 17.5. The van der Waals surface area contributed by atoms with Gasteiger partial charge < -0.3 is 9.42 Å². The van der Waals surface area contributed by atoms with E-state index in [-0.39, 0.29) is 24.2 Å². The zero-order valence-corrected chi connectivity index (χ0v) is 26.2. The normalized spacial score (nSPS) is 15.7. The Kier molecular flexibility index (Phi) is 10.2. The van der Waals surface area contributed by atoms with Crippen molar-refractivity contribution in [2.75, 3.05) is 32.1 Å². The molecule has 5 rings (SSSR count). The number of aromatic nitrogens is 2. The Hall–Kier alpha value is -3.05. The van der Waals surface area contributed by atoms with Gasteiger partial charge in [0.15, 0.2) is 25.5 Å². The van der Waals surface area contributed by atoms with Crippen LogP contribution in [0.2, 0.25) is 0 Å². The topological polar surface area (TPSA) is 110 Å². The molecule has 0 spiro atoms. The highest BCUT2D eigenvalue weighted by Gasteiger charge is 2.26. The van der Waals surface area contributed by atoms with E-state index in [1.54, 1.807) is 36.4 Å². The second-order valence-electron chi connectivity index (χ2n) is 10.9. The first-order chi connectivity index (χ1) is 19.6. The molecule has 0 amide bonds. The summed E-state index contributed by atoms with van der Waals surface area (Å²) in [7, 11) is -6.46. The third-order valence-electron chi connectivity index (χ3n) is 7.78. The van der Waals surface area contributed by atoms with Crippen LogP contribution in [0.15, 0.2) is 93.2 Å². The van der Waals surface area contributed by atoms with Gasteiger partial charge in [0.1, 0.15) is 0 Å². The molecule has 0 aliphatic carbocycles. The van der Waals surface area contributed by atoms with Crippen LogP contribution >= 0.6 is 12.4 Å². The molecule has 42 heavy (non-hydrogen) atoms. The Morgan fingerprint density at radius 2 is 1.36 bits per heavy atom. The molecule has 1 atom stereocenters. The number of hydrogen-bond donors (Lipinski definition) is 0. The second kappa shape index (κ2) is 13.5. The second-order valence-corrected chi connectivity index (χ2v) is 14.9. The van der Waals surface area contributed by atoms with E-state index in [1.807, 2.05) is 30.3 Å². The van der Waals surface area contributed by atoms with Gasteiger partial charge in [-0.25, -0.2) is 16.8 Å². The molecule has 2 heterocycles. The summed E-state index contributed by atoms with van der Waals surface area (Å²) in [5.74, 6) is 1.66. The van der Waals surface area contributed by atoms with Crippen molar-refractivity contribution in [3.05, 3.63) is 107 Å². The molecule has 11 heteroatoms. The number of halogens is 1. The lowest BCUT2D eigenvalue weighted by Gasteiger charge is -2.31. The zero-order chi connectivity index (χ0) is 29.0. The van der Waals surface area contributed by atoms with Crippen LogP contribution in [0.5, 0.6) is 0 Å². The smallest absolute Gasteiger partial charge is 0.229 e. The third kappa shape index (κ3) is 8.06. The highest BCUT2D eigenvalue weighted by Crippen LogP contribution is 2.31. The Morgan fingerprint density at radius 1 is 0.810 bits per heavy atom. The monoisotopic (exact) mass is 629 g/mol. The Morgan fingerprint density at radius 3 is 1.93 bits per heavy atom. The molecule has 0 radical (unpaired) electrons. The first kappa shape index (κ1) is 31.9. The van der Waals surface area contributed by atoms with E-state index in [0.717, 1.165) is 50.0 Å². The van der Waals surface area contributed by atoms with Crippen molar-refractivity contribution < 1.29 is 21.4 Å². The lowest BCUT2D eigenvalue weighted by molar-refractivity contribution is 0.190. The van der Waals surface area contributed by atoms with Gasteiger partial charge in [0.2, 0.25) is 5.89 Å². The summed E-state index contributed by atoms with van der Waals surface area (Å²) in [6.07, 6.45) is 5.71. The zero-order valence-electron chi connectivity index (χ0n) is 23.7. The summed E-state index contributed by atoms with van der Waals surface area (Å²) in [5, 5.41) is 4.17. The van der Waals surface area contributed by atoms with E-state index in [0.29, 0.717) is 27.9 Å². The van der Waals surface area contributed by atoms with E-state index in [9.17, 15) is 16.8 Å². The lowest BCUT2D eigenvalue weighted by Crippen LogP contribution is -2.34. The summed E-state index contributed by atoms with van der Waals surface area (Å²) < 4.78 is 52.9. The number of piperidine rings is 1. The molecule has 1 saturated heterocycles. The molecule has 0 unspecified atom stereocenters. The predicted octanol–water partition coefficient (Wildman–Crippen LogP) is 5.29. The van der Waals surface area contributed by atoms with E-state index in [1.165, 1.54) is 18.1 Å². The third-order valence-corrected chi connectivity index (χ3v) is 10.0. The molecular formula is C31H36ClN3O5S2. The molecule has 8 nitrogen and oxygen atoms in total. The van der Waals surface area contributed by atoms with E-state index in [4.69, 9.17) is 4.52 Å². The van der Waals surface area contributed by atoms with Crippen LogP contribution in [-0.2, 0) is 26.1 Å². The van der Waals surface area contributed by atoms with E-state index in [2.05, 4.69) is 27.2 Å². The minimum Gasteiger partial charge on any atom is -0.339 e. The van der Waals surface area contributed by atoms with Crippen molar-refractivity contribution in [1.82, 2.24) is 15.0 Å². The number of likely N-dealkylation sites (tertiary alicyclic amines) is 1. The maximum Gasteiger partial charge on any atom is 0.229 e. The molecule has 3 aromatic carbocycles. The van der Waals surface area contributed by atoms with Gasteiger partial charge in [-0.1, -0.05) is 59.8 Å². The summed E-state index contributed by atoms with van der Waals surface area (Å²) in [4.78, 5) is 7.75. The molecule has 1 aliphatic heterocycles. The molecule has 0 bridgehead atoms. The number of hydrogen-bond acceptors (Lipinski definition) is 8. The van der Waals surface area contributed by atoms with E-state index < -0.39 is 19.7 Å². The fourth-order valence-electron chi connectivity index (χ4n) is 5.42. The van der Waals surface area contributed by atoms with Crippen LogP contribution in [0.1, 0.15) is 59.5 Å². The van der Waals surface area contributed by atoms with Crippen LogP contribution in [0, 0.1) is 0 Å². The quantitative estimate of drug-likeness (QED) is 0.233. The maximum absolute atomic E-state index is 11.9. The van der Waals surface area contributed by atoms with Gasteiger partial charge in [-0.05, 0) is 79.9 Å². The van der Waals surface area contributed by atoms with Gasteiger partial charge in [-0.3, -0.25) is 0 Å². The Balaban J connectivity index is 0.00000405. The average molecular weight is 630 g/mol. The Labute approximate surface area is 254 Å². The van der Waals surface area contributed by atoms with Crippen LogP contribution in [-0.4, -0.2) is 64.0 Å². The average Bonchev–Trinajstić information content (AvgIpc) is 3.42. The number of rotatable bonds is 10. The van der Waals surface area contributed by atoms with Crippen LogP contribution in [0.4, 0.5) is 0 Å².